The number of aliphatic carboxylic acids is 1. The molecule has 0 radical (unpaired) electrons. The summed E-state index contributed by atoms with van der Waals surface area (Å²) >= 11 is 0. The molecule has 2 aromatic carbocycles. The second-order valence-electron chi connectivity index (χ2n) is 15.2. The number of benzene rings is 2. The van der Waals surface area contributed by atoms with Crippen LogP contribution in [0, 0.1) is 5.92 Å². The van der Waals surface area contributed by atoms with Gasteiger partial charge in [0.15, 0.2) is 5.96 Å². The van der Waals surface area contributed by atoms with Crippen molar-refractivity contribution in [1.82, 2.24) is 36.8 Å². The number of carbonyl (C=O) groups excluding carboxylic acids is 6. The van der Waals surface area contributed by atoms with E-state index in [1.807, 2.05) is 30.3 Å². The van der Waals surface area contributed by atoms with E-state index in [1.165, 1.54) is 31.0 Å². The van der Waals surface area contributed by atoms with Crippen molar-refractivity contribution in [2.24, 2.45) is 22.4 Å². The van der Waals surface area contributed by atoms with Gasteiger partial charge in [0, 0.05) is 26.6 Å². The number of urea groups is 1. The van der Waals surface area contributed by atoms with E-state index < -0.39 is 83.7 Å². The van der Waals surface area contributed by atoms with Crippen LogP contribution in [0.5, 0.6) is 5.75 Å². The summed E-state index contributed by atoms with van der Waals surface area (Å²) in [6, 6.07) is 7.41. The van der Waals surface area contributed by atoms with Crippen LogP contribution in [0.15, 0.2) is 59.6 Å². The summed E-state index contributed by atoms with van der Waals surface area (Å²) in [4.78, 5) is 99.6. The van der Waals surface area contributed by atoms with Gasteiger partial charge in [-0.15, -0.1) is 0 Å². The van der Waals surface area contributed by atoms with Crippen molar-refractivity contribution in [1.29, 1.82) is 0 Å². The van der Waals surface area contributed by atoms with E-state index in [4.69, 9.17) is 11.5 Å². The largest absolute Gasteiger partial charge is 0.508 e. The fourth-order valence-electron chi connectivity index (χ4n) is 6.44. The van der Waals surface area contributed by atoms with Crippen molar-refractivity contribution in [2.75, 3.05) is 20.1 Å². The van der Waals surface area contributed by atoms with Gasteiger partial charge in [-0.3, -0.25) is 29.0 Å². The minimum atomic E-state index is -1.34. The van der Waals surface area contributed by atoms with Crippen LogP contribution in [0.3, 0.4) is 0 Å². The van der Waals surface area contributed by atoms with Gasteiger partial charge in [-0.05, 0) is 81.0 Å². The molecule has 1 saturated heterocycles. The summed E-state index contributed by atoms with van der Waals surface area (Å²) in [5, 5.41) is 35.5. The van der Waals surface area contributed by atoms with Gasteiger partial charge in [-0.25, -0.2) is 9.59 Å². The first-order chi connectivity index (χ1) is 28.5. The molecule has 7 amide bonds. The Kier molecular flexibility index (Phi) is 19.1. The first-order valence-corrected chi connectivity index (χ1v) is 20.1. The Morgan fingerprint density at radius 2 is 1.55 bits per heavy atom. The molecule has 19 nitrogen and oxygen atoms in total. The molecule has 60 heavy (non-hydrogen) atoms. The van der Waals surface area contributed by atoms with Gasteiger partial charge >= 0.3 is 12.0 Å². The number of hydrogen-bond donors (Lipinski definition) is 10. The summed E-state index contributed by atoms with van der Waals surface area (Å²) in [5.74, 6) is -5.05. The Morgan fingerprint density at radius 1 is 0.883 bits per heavy atom. The van der Waals surface area contributed by atoms with Gasteiger partial charge < -0.3 is 58.5 Å². The van der Waals surface area contributed by atoms with E-state index in [0.717, 1.165) is 11.1 Å². The minimum Gasteiger partial charge on any atom is -0.508 e. The van der Waals surface area contributed by atoms with Crippen molar-refractivity contribution in [3.8, 4) is 5.75 Å². The third-order valence-electron chi connectivity index (χ3n) is 10.1. The number of aliphatic imine (C=N–C) groups is 1. The second kappa shape index (κ2) is 23.9. The smallest absolute Gasteiger partial charge is 0.326 e. The van der Waals surface area contributed by atoms with Crippen LogP contribution >= 0.6 is 0 Å². The molecule has 6 atom stereocenters. The molecule has 2 aromatic rings. The van der Waals surface area contributed by atoms with Crippen LogP contribution in [-0.2, 0) is 41.6 Å². The summed E-state index contributed by atoms with van der Waals surface area (Å²) in [5.41, 5.74) is 12.2. The zero-order valence-corrected chi connectivity index (χ0v) is 34.6. The number of phenols is 1. The highest BCUT2D eigenvalue weighted by Gasteiger charge is 2.35. The van der Waals surface area contributed by atoms with Gasteiger partial charge in [0.25, 0.3) is 0 Å². The summed E-state index contributed by atoms with van der Waals surface area (Å²) in [7, 11) is 1.42. The molecule has 1 fully saturated rings. The molecule has 0 aromatic heterocycles. The van der Waals surface area contributed by atoms with Crippen LogP contribution < -0.4 is 43.4 Å². The van der Waals surface area contributed by atoms with Gasteiger partial charge in [0.2, 0.25) is 29.5 Å². The van der Waals surface area contributed by atoms with Crippen LogP contribution in [0.4, 0.5) is 4.79 Å². The second-order valence-corrected chi connectivity index (χ2v) is 15.2. The van der Waals surface area contributed by atoms with Crippen molar-refractivity contribution >= 4 is 47.5 Å². The number of carbonyl (C=O) groups is 7. The topological polar surface area (TPSA) is 300 Å². The van der Waals surface area contributed by atoms with E-state index in [9.17, 15) is 43.8 Å². The molecule has 0 bridgehead atoms. The van der Waals surface area contributed by atoms with Crippen LogP contribution in [-0.4, -0.2) is 119 Å². The number of nitrogens with two attached hydrogens (primary N) is 2. The Labute approximate surface area is 349 Å². The third kappa shape index (κ3) is 15.7. The molecule has 0 aliphatic carbocycles. The maximum atomic E-state index is 14.2. The van der Waals surface area contributed by atoms with E-state index in [0.29, 0.717) is 12.8 Å². The van der Waals surface area contributed by atoms with E-state index in [-0.39, 0.29) is 63.3 Å². The molecular formula is C41H60N10O9. The lowest BCUT2D eigenvalue weighted by molar-refractivity contribution is -0.142. The summed E-state index contributed by atoms with van der Waals surface area (Å²) in [6.45, 7) is 5.17. The number of aromatic hydroxyl groups is 1. The zero-order valence-electron chi connectivity index (χ0n) is 34.6. The molecular weight excluding hydrogens is 777 g/mol. The van der Waals surface area contributed by atoms with Crippen molar-refractivity contribution in [3.05, 3.63) is 65.7 Å². The number of nitrogens with zero attached hydrogens (tertiary/aromatic N) is 2. The minimum absolute atomic E-state index is 0.0159. The zero-order chi connectivity index (χ0) is 44.4. The molecule has 1 heterocycles. The lowest BCUT2D eigenvalue weighted by Crippen LogP contribution is -2.60. The van der Waals surface area contributed by atoms with Crippen molar-refractivity contribution < 1.29 is 43.8 Å². The number of carboxylic acids is 1. The molecule has 1 aliphatic heterocycles. The number of hydrogen-bond acceptors (Lipinski definition) is 9. The lowest BCUT2D eigenvalue weighted by atomic mass is 9.99. The predicted octanol–water partition coefficient (Wildman–Crippen LogP) is -0.000500. The Hall–Kier alpha value is -6.40. The number of aryl methyl sites for hydroxylation is 1. The fourth-order valence-corrected chi connectivity index (χ4v) is 6.44. The number of guanidine groups is 1. The predicted molar refractivity (Wildman–Crippen MR) is 223 cm³/mol. The highest BCUT2D eigenvalue weighted by Crippen LogP contribution is 2.15. The molecule has 0 spiro atoms. The first kappa shape index (κ1) is 48.0. The monoisotopic (exact) mass is 836 g/mol. The molecule has 0 saturated carbocycles. The van der Waals surface area contributed by atoms with Crippen LogP contribution in [0.2, 0.25) is 0 Å². The summed E-state index contributed by atoms with van der Waals surface area (Å²) in [6.07, 6.45) is 1.41. The number of nitrogens with one attached hydrogen (secondary N) is 6. The number of rotatable bonds is 13. The molecule has 3 unspecified atom stereocenters. The van der Waals surface area contributed by atoms with Crippen molar-refractivity contribution in [3.63, 3.8) is 0 Å². The molecule has 12 N–H and O–H groups in total. The van der Waals surface area contributed by atoms with Crippen LogP contribution in [0.1, 0.15) is 70.4 Å². The highest BCUT2D eigenvalue weighted by molar-refractivity contribution is 5.96. The van der Waals surface area contributed by atoms with E-state index in [1.54, 1.807) is 26.0 Å². The standard InChI is InChI=1S/C41H60N10O9/c1-24(2)33-37(56)46-30(20-17-26-15-18-28(52)19-16-26)38(57)51(4)25(3)34(53)47-32(23-27-11-6-5-7-12-27)35(54)44-21-9-8-13-29(36(55)50-33)48-41(60)49-31(39(58)59)14-10-22-45-40(42)43/h5-7,11-12,15-16,18-19,24-25,29-33,52H,8-10,13-14,17,20-23H2,1-4H3,(H,44,54)(H,46,56)(H,47,53)(H,50,55)(H,58,59)(H4,42,43,45)(H2,48,49,60)/t25-,29?,30?,31-,32-,33?/m0/s1. The Morgan fingerprint density at radius 3 is 2.18 bits per heavy atom. The molecule has 328 valence electrons. The number of likely N-dealkylation sites (N-methyl/N-ethyl adjacent to an activating group) is 1. The Balaban J connectivity index is 1.95. The van der Waals surface area contributed by atoms with Gasteiger partial charge in [-0.1, -0.05) is 56.3 Å². The maximum absolute atomic E-state index is 14.2. The lowest BCUT2D eigenvalue weighted by Gasteiger charge is -2.31. The maximum Gasteiger partial charge on any atom is 0.326 e. The normalized spacial score (nSPS) is 21.8. The van der Waals surface area contributed by atoms with E-state index >= 15 is 0 Å². The van der Waals surface area contributed by atoms with Crippen LogP contribution in [0.25, 0.3) is 0 Å². The van der Waals surface area contributed by atoms with Crippen molar-refractivity contribution in [2.45, 2.75) is 108 Å². The third-order valence-corrected chi connectivity index (χ3v) is 10.1. The van der Waals surface area contributed by atoms with Gasteiger partial charge in [0.05, 0.1) is 0 Å². The Bertz CT molecular complexity index is 1810. The number of carboxylic acid groups (broad SMARTS) is 1. The van der Waals surface area contributed by atoms with Gasteiger partial charge in [-0.2, -0.15) is 0 Å². The van der Waals surface area contributed by atoms with E-state index in [2.05, 4.69) is 36.9 Å². The SMILES string of the molecule is CC(C)C1NC(=O)C(NC(=O)N[C@@H](CCCN=C(N)N)C(=O)O)CCCCNC(=O)[C@H](Cc2ccccc2)NC(=O)[C@H](C)N(C)C(=O)C(CCc2ccc(O)cc2)NC1=O. The molecule has 1 aliphatic rings. The molecule has 19 heteroatoms. The quantitative estimate of drug-likeness (QED) is 0.0728. The summed E-state index contributed by atoms with van der Waals surface area (Å²) < 4.78 is 0. The number of amides is 7. The average Bonchev–Trinajstić information content (AvgIpc) is 3.20. The highest BCUT2D eigenvalue weighted by atomic mass is 16.4. The number of phenolic OH excluding ortho intramolecular Hbond substituents is 1. The first-order valence-electron chi connectivity index (χ1n) is 20.1. The fraction of sp³-hybridized carbons (Fsp3) is 0.512. The van der Waals surface area contributed by atoms with Gasteiger partial charge in [0.1, 0.15) is 42.0 Å². The average molecular weight is 837 g/mol. The molecule has 3 rings (SSSR count).